The van der Waals surface area contributed by atoms with E-state index in [2.05, 4.69) is 15.5 Å². The van der Waals surface area contributed by atoms with Crippen LogP contribution in [0.5, 0.6) is 0 Å². The molecule has 0 fully saturated rings. The van der Waals surface area contributed by atoms with Gasteiger partial charge < -0.3 is 9.47 Å². The van der Waals surface area contributed by atoms with Gasteiger partial charge in [0.25, 0.3) is 5.69 Å². The number of carbonyl (C=O) groups is 2. The molecule has 33 heavy (non-hydrogen) atoms. The molecule has 1 aromatic heterocycles. The van der Waals surface area contributed by atoms with Crippen molar-refractivity contribution in [3.8, 4) is 0 Å². The van der Waals surface area contributed by atoms with Gasteiger partial charge in [0.2, 0.25) is 0 Å². The summed E-state index contributed by atoms with van der Waals surface area (Å²) in [6, 6.07) is 11.4. The number of hydrazone groups is 1. The van der Waals surface area contributed by atoms with E-state index in [0.29, 0.717) is 18.5 Å². The molecular formula is C23H24N4O6. The first-order valence-corrected chi connectivity index (χ1v) is 10.5. The van der Waals surface area contributed by atoms with Gasteiger partial charge in [-0.1, -0.05) is 31.2 Å². The SMILES string of the molecule is CCOC(=O)C1=NNC(CC)=C(C(=O)OCCc2ccccn2)C1c1ccccc1[N+](=O)[O-]. The molecule has 0 radical (unpaired) electrons. The number of pyridine rings is 1. The molecule has 0 bridgehead atoms. The van der Waals surface area contributed by atoms with E-state index in [9.17, 15) is 19.7 Å². The highest BCUT2D eigenvalue weighted by molar-refractivity contribution is 6.40. The summed E-state index contributed by atoms with van der Waals surface area (Å²) in [5, 5.41) is 15.8. The Morgan fingerprint density at radius 1 is 1.09 bits per heavy atom. The van der Waals surface area contributed by atoms with E-state index in [1.54, 1.807) is 32.2 Å². The molecule has 1 aliphatic heterocycles. The molecule has 1 aliphatic rings. The number of allylic oxidation sites excluding steroid dienone is 1. The van der Waals surface area contributed by atoms with Crippen molar-refractivity contribution >= 4 is 23.3 Å². The second-order valence-corrected chi connectivity index (χ2v) is 7.03. The maximum Gasteiger partial charge on any atom is 0.355 e. The van der Waals surface area contributed by atoms with Crippen molar-refractivity contribution in [2.24, 2.45) is 5.10 Å². The number of ether oxygens (including phenoxy) is 2. The van der Waals surface area contributed by atoms with Gasteiger partial charge in [0.05, 0.1) is 29.6 Å². The number of hydrogen-bond donors (Lipinski definition) is 1. The van der Waals surface area contributed by atoms with E-state index in [-0.39, 0.29) is 35.7 Å². The molecule has 1 unspecified atom stereocenters. The Morgan fingerprint density at radius 3 is 2.52 bits per heavy atom. The van der Waals surface area contributed by atoms with Crippen LogP contribution in [0.2, 0.25) is 0 Å². The molecule has 0 amide bonds. The molecule has 10 nitrogen and oxygen atoms in total. The van der Waals surface area contributed by atoms with Crippen molar-refractivity contribution in [3.05, 3.63) is 81.3 Å². The summed E-state index contributed by atoms with van der Waals surface area (Å²) in [4.78, 5) is 41.3. The van der Waals surface area contributed by atoms with Crippen LogP contribution in [0.15, 0.2) is 65.0 Å². The van der Waals surface area contributed by atoms with Crippen LogP contribution < -0.4 is 5.43 Å². The standard InChI is InChI=1S/C23H24N4O6/c1-3-17-20(22(28)33-14-12-15-9-7-8-13-24-15)19(21(26-25-17)23(29)32-4-2)16-10-5-6-11-18(16)27(30)31/h5-11,13,19,25H,3-4,12,14H2,1-2H3. The van der Waals surface area contributed by atoms with Crippen LogP contribution in [0.3, 0.4) is 0 Å². The summed E-state index contributed by atoms with van der Waals surface area (Å²) >= 11 is 0. The van der Waals surface area contributed by atoms with E-state index >= 15 is 0 Å². The average Bonchev–Trinajstić information content (AvgIpc) is 2.83. The van der Waals surface area contributed by atoms with Gasteiger partial charge in [-0.15, -0.1) is 0 Å². The first kappa shape index (κ1) is 23.6. The molecule has 0 saturated carbocycles. The molecule has 1 N–H and O–H groups in total. The minimum absolute atomic E-state index is 0.0474. The van der Waals surface area contributed by atoms with Gasteiger partial charge >= 0.3 is 11.9 Å². The highest BCUT2D eigenvalue weighted by Gasteiger charge is 2.41. The van der Waals surface area contributed by atoms with Crippen molar-refractivity contribution in [3.63, 3.8) is 0 Å². The monoisotopic (exact) mass is 452 g/mol. The van der Waals surface area contributed by atoms with Crippen molar-refractivity contribution in [1.82, 2.24) is 10.4 Å². The zero-order chi connectivity index (χ0) is 23.8. The maximum absolute atomic E-state index is 13.2. The molecule has 2 heterocycles. The number of carbonyl (C=O) groups excluding carboxylic acids is 2. The second kappa shape index (κ2) is 11.0. The van der Waals surface area contributed by atoms with E-state index in [0.717, 1.165) is 5.69 Å². The number of nitrogens with zero attached hydrogens (tertiary/aromatic N) is 3. The number of aromatic nitrogens is 1. The fourth-order valence-electron chi connectivity index (χ4n) is 3.52. The number of hydrogen-bond acceptors (Lipinski definition) is 9. The lowest BCUT2D eigenvalue weighted by atomic mass is 9.83. The molecule has 1 aromatic carbocycles. The van der Waals surface area contributed by atoms with Crippen LogP contribution in [0.25, 0.3) is 0 Å². The number of nitro benzene ring substituents is 1. The van der Waals surface area contributed by atoms with E-state index in [1.165, 1.54) is 18.2 Å². The van der Waals surface area contributed by atoms with Crippen molar-refractivity contribution < 1.29 is 24.0 Å². The molecular weight excluding hydrogens is 428 g/mol. The van der Waals surface area contributed by atoms with Crippen molar-refractivity contribution in [2.45, 2.75) is 32.6 Å². The van der Waals surface area contributed by atoms with Gasteiger partial charge in [0.15, 0.2) is 5.71 Å². The second-order valence-electron chi connectivity index (χ2n) is 7.03. The number of nitro groups is 1. The quantitative estimate of drug-likeness (QED) is 0.349. The summed E-state index contributed by atoms with van der Waals surface area (Å²) in [7, 11) is 0. The Hall–Kier alpha value is -4.08. The summed E-state index contributed by atoms with van der Waals surface area (Å²) in [5.41, 5.74) is 3.74. The Labute approximate surface area is 190 Å². The van der Waals surface area contributed by atoms with Gasteiger partial charge in [-0.05, 0) is 25.5 Å². The predicted molar refractivity (Wildman–Crippen MR) is 119 cm³/mol. The Morgan fingerprint density at radius 2 is 1.85 bits per heavy atom. The molecule has 172 valence electrons. The number of esters is 2. The molecule has 10 heteroatoms. The summed E-state index contributed by atoms with van der Waals surface area (Å²) in [6.07, 6.45) is 2.40. The van der Waals surface area contributed by atoms with Crippen LogP contribution in [0.1, 0.15) is 37.4 Å². The first-order chi connectivity index (χ1) is 16.0. The minimum Gasteiger partial charge on any atom is -0.462 e. The molecule has 0 saturated heterocycles. The number of benzene rings is 1. The van der Waals surface area contributed by atoms with Gasteiger partial charge in [0, 0.05) is 35.6 Å². The fraction of sp³-hybridized carbons (Fsp3) is 0.304. The molecule has 1 atom stereocenters. The number of para-hydroxylation sites is 1. The Balaban J connectivity index is 1.99. The lowest BCUT2D eigenvalue weighted by molar-refractivity contribution is -0.385. The van der Waals surface area contributed by atoms with Crippen LogP contribution in [0, 0.1) is 10.1 Å². The van der Waals surface area contributed by atoms with Crippen LogP contribution in [-0.4, -0.2) is 40.8 Å². The average molecular weight is 452 g/mol. The lowest BCUT2D eigenvalue weighted by Crippen LogP contribution is -2.37. The minimum atomic E-state index is -1.12. The van der Waals surface area contributed by atoms with E-state index < -0.39 is 22.8 Å². The first-order valence-electron chi connectivity index (χ1n) is 10.5. The number of nitrogens with one attached hydrogen (secondary N) is 1. The zero-order valence-corrected chi connectivity index (χ0v) is 18.3. The third-order valence-electron chi connectivity index (χ3n) is 5.02. The summed E-state index contributed by atoms with van der Waals surface area (Å²) < 4.78 is 10.6. The van der Waals surface area contributed by atoms with Gasteiger partial charge in [-0.2, -0.15) is 5.10 Å². The third-order valence-corrected chi connectivity index (χ3v) is 5.02. The predicted octanol–water partition coefficient (Wildman–Crippen LogP) is 3.05. The van der Waals surface area contributed by atoms with Gasteiger partial charge in [-0.3, -0.25) is 20.5 Å². The molecule has 2 aromatic rings. The zero-order valence-electron chi connectivity index (χ0n) is 18.3. The summed E-state index contributed by atoms with van der Waals surface area (Å²) in [5.74, 6) is -2.60. The van der Waals surface area contributed by atoms with E-state index in [1.807, 2.05) is 12.1 Å². The highest BCUT2D eigenvalue weighted by atomic mass is 16.6. The topological polar surface area (TPSA) is 133 Å². The molecule has 3 rings (SSSR count). The molecule has 0 aliphatic carbocycles. The van der Waals surface area contributed by atoms with E-state index in [4.69, 9.17) is 9.47 Å². The van der Waals surface area contributed by atoms with Crippen LogP contribution in [0.4, 0.5) is 5.69 Å². The Kier molecular flexibility index (Phi) is 7.85. The highest BCUT2D eigenvalue weighted by Crippen LogP contribution is 2.37. The number of rotatable bonds is 9. The van der Waals surface area contributed by atoms with Gasteiger partial charge in [0.1, 0.15) is 0 Å². The Bertz CT molecular complexity index is 1100. The fourth-order valence-corrected chi connectivity index (χ4v) is 3.52. The molecule has 0 spiro atoms. The van der Waals surface area contributed by atoms with Crippen molar-refractivity contribution in [2.75, 3.05) is 13.2 Å². The normalized spacial score (nSPS) is 15.3. The largest absolute Gasteiger partial charge is 0.462 e. The maximum atomic E-state index is 13.2. The van der Waals surface area contributed by atoms with Gasteiger partial charge in [-0.25, -0.2) is 9.59 Å². The van der Waals surface area contributed by atoms with Crippen molar-refractivity contribution in [1.29, 1.82) is 0 Å². The van der Waals surface area contributed by atoms with Crippen LogP contribution >= 0.6 is 0 Å². The third kappa shape index (κ3) is 5.40. The summed E-state index contributed by atoms with van der Waals surface area (Å²) in [6.45, 7) is 3.56. The van der Waals surface area contributed by atoms with Crippen LogP contribution in [-0.2, 0) is 25.5 Å². The smallest absolute Gasteiger partial charge is 0.355 e. The lowest BCUT2D eigenvalue weighted by Gasteiger charge is -2.27.